The summed E-state index contributed by atoms with van der Waals surface area (Å²) in [6.45, 7) is 3.69. The predicted molar refractivity (Wildman–Crippen MR) is 58.3 cm³/mol. The van der Waals surface area contributed by atoms with E-state index >= 15 is 0 Å². The summed E-state index contributed by atoms with van der Waals surface area (Å²) in [5.74, 6) is 0.343. The van der Waals surface area contributed by atoms with Crippen molar-refractivity contribution in [3.63, 3.8) is 0 Å². The fourth-order valence-electron chi connectivity index (χ4n) is 1.61. The van der Waals surface area contributed by atoms with Gasteiger partial charge >= 0.3 is 0 Å². The number of aliphatic hydroxyl groups excluding tert-OH is 2. The van der Waals surface area contributed by atoms with Crippen LogP contribution >= 0.6 is 0 Å². The lowest BCUT2D eigenvalue weighted by Gasteiger charge is -2.20. The van der Waals surface area contributed by atoms with E-state index < -0.39 is 0 Å². The average Bonchev–Trinajstić information content (AvgIpc) is 2.57. The van der Waals surface area contributed by atoms with Crippen LogP contribution < -0.4 is 0 Å². The number of nitrogens with zero attached hydrogens (tertiary/aromatic N) is 1. The van der Waals surface area contributed by atoms with Gasteiger partial charge in [-0.3, -0.25) is 4.79 Å². The van der Waals surface area contributed by atoms with Crippen molar-refractivity contribution in [2.24, 2.45) is 0 Å². The average molecular weight is 227 g/mol. The molecule has 0 aliphatic rings. The molecular formula is C11H17NO4. The smallest absolute Gasteiger partial charge is 0.257 e. The van der Waals surface area contributed by atoms with Gasteiger partial charge in [0, 0.05) is 18.7 Å². The van der Waals surface area contributed by atoms with E-state index in [9.17, 15) is 4.79 Å². The Labute approximate surface area is 94.3 Å². The van der Waals surface area contributed by atoms with Crippen LogP contribution in [-0.4, -0.2) is 47.3 Å². The SMILES string of the molecule is Cc1coc(C)c1C(=O)N(CCO)CCO. The third kappa shape index (κ3) is 2.62. The highest BCUT2D eigenvalue weighted by Gasteiger charge is 2.21. The van der Waals surface area contributed by atoms with Gasteiger partial charge in [0.1, 0.15) is 5.76 Å². The lowest BCUT2D eigenvalue weighted by Crippen LogP contribution is -2.36. The number of aryl methyl sites for hydroxylation is 2. The fraction of sp³-hybridized carbons (Fsp3) is 0.545. The highest BCUT2D eigenvalue weighted by molar-refractivity contribution is 5.96. The van der Waals surface area contributed by atoms with E-state index in [1.807, 2.05) is 0 Å². The van der Waals surface area contributed by atoms with Crippen molar-refractivity contribution in [3.8, 4) is 0 Å². The maximum atomic E-state index is 12.1. The van der Waals surface area contributed by atoms with E-state index in [-0.39, 0.29) is 32.2 Å². The number of hydrogen-bond donors (Lipinski definition) is 2. The molecule has 0 fully saturated rings. The molecule has 1 rings (SSSR count). The second kappa shape index (κ2) is 5.67. The summed E-state index contributed by atoms with van der Waals surface area (Å²) in [7, 11) is 0. The number of aliphatic hydroxyl groups is 2. The van der Waals surface area contributed by atoms with E-state index in [2.05, 4.69) is 0 Å². The number of hydrogen-bond acceptors (Lipinski definition) is 4. The lowest BCUT2D eigenvalue weighted by molar-refractivity contribution is 0.0682. The van der Waals surface area contributed by atoms with E-state index in [1.165, 1.54) is 11.2 Å². The number of amides is 1. The van der Waals surface area contributed by atoms with Crippen LogP contribution in [0.2, 0.25) is 0 Å². The van der Waals surface area contributed by atoms with Crippen LogP contribution in [-0.2, 0) is 0 Å². The maximum Gasteiger partial charge on any atom is 0.257 e. The standard InChI is InChI=1S/C11H17NO4/c1-8-7-16-9(2)10(8)11(15)12(3-5-13)4-6-14/h7,13-14H,3-6H2,1-2H3. The summed E-state index contributed by atoms with van der Waals surface area (Å²) in [6.07, 6.45) is 1.53. The fourth-order valence-corrected chi connectivity index (χ4v) is 1.61. The van der Waals surface area contributed by atoms with Gasteiger partial charge in [0.15, 0.2) is 0 Å². The van der Waals surface area contributed by atoms with Crippen molar-refractivity contribution < 1.29 is 19.4 Å². The van der Waals surface area contributed by atoms with Crippen molar-refractivity contribution in [3.05, 3.63) is 23.2 Å². The van der Waals surface area contributed by atoms with Crippen LogP contribution in [0.4, 0.5) is 0 Å². The van der Waals surface area contributed by atoms with Crippen molar-refractivity contribution in [2.75, 3.05) is 26.3 Å². The molecule has 2 N–H and O–H groups in total. The first kappa shape index (κ1) is 12.7. The van der Waals surface area contributed by atoms with Gasteiger partial charge in [-0.2, -0.15) is 0 Å². The summed E-state index contributed by atoms with van der Waals surface area (Å²) < 4.78 is 5.15. The Morgan fingerprint density at radius 2 is 1.88 bits per heavy atom. The second-order valence-corrected chi connectivity index (χ2v) is 3.59. The Hall–Kier alpha value is -1.33. The number of rotatable bonds is 5. The Balaban J connectivity index is 2.89. The van der Waals surface area contributed by atoms with Gasteiger partial charge < -0.3 is 19.5 Å². The number of carbonyl (C=O) groups excluding carboxylic acids is 1. The van der Waals surface area contributed by atoms with Crippen LogP contribution in [0, 0.1) is 13.8 Å². The number of furan rings is 1. The molecule has 0 aliphatic heterocycles. The summed E-state index contributed by atoms with van der Waals surface area (Å²) in [5, 5.41) is 17.7. The molecule has 0 aliphatic carbocycles. The Bertz CT molecular complexity index is 333. The first-order valence-electron chi connectivity index (χ1n) is 5.17. The maximum absolute atomic E-state index is 12.1. The zero-order valence-corrected chi connectivity index (χ0v) is 9.56. The van der Waals surface area contributed by atoms with Gasteiger partial charge in [-0.25, -0.2) is 0 Å². The topological polar surface area (TPSA) is 73.9 Å². The summed E-state index contributed by atoms with van der Waals surface area (Å²) in [4.78, 5) is 13.5. The summed E-state index contributed by atoms with van der Waals surface area (Å²) >= 11 is 0. The molecule has 0 saturated heterocycles. The molecule has 5 nitrogen and oxygen atoms in total. The first-order chi connectivity index (χ1) is 7.61. The molecule has 1 aromatic heterocycles. The van der Waals surface area contributed by atoms with E-state index in [4.69, 9.17) is 14.6 Å². The minimum Gasteiger partial charge on any atom is -0.469 e. The molecule has 0 aromatic carbocycles. The normalized spacial score (nSPS) is 10.5. The molecule has 0 unspecified atom stereocenters. The van der Waals surface area contributed by atoms with Crippen LogP contribution in [0.3, 0.4) is 0 Å². The van der Waals surface area contributed by atoms with Gasteiger partial charge in [-0.1, -0.05) is 0 Å². The van der Waals surface area contributed by atoms with Gasteiger partial charge in [0.25, 0.3) is 5.91 Å². The zero-order chi connectivity index (χ0) is 12.1. The molecule has 90 valence electrons. The Kier molecular flexibility index (Phi) is 4.52. The van der Waals surface area contributed by atoms with Crippen LogP contribution in [0.1, 0.15) is 21.7 Å². The van der Waals surface area contributed by atoms with Crippen molar-refractivity contribution in [1.82, 2.24) is 4.90 Å². The molecule has 0 saturated carbocycles. The molecule has 1 amide bonds. The highest BCUT2D eigenvalue weighted by Crippen LogP contribution is 2.17. The first-order valence-corrected chi connectivity index (χ1v) is 5.17. The van der Waals surface area contributed by atoms with E-state index in [1.54, 1.807) is 13.8 Å². The monoisotopic (exact) mass is 227 g/mol. The van der Waals surface area contributed by atoms with E-state index in [0.29, 0.717) is 11.3 Å². The number of carbonyl (C=O) groups is 1. The Morgan fingerprint density at radius 3 is 2.25 bits per heavy atom. The van der Waals surface area contributed by atoms with Crippen molar-refractivity contribution in [2.45, 2.75) is 13.8 Å². The van der Waals surface area contributed by atoms with Crippen LogP contribution in [0.5, 0.6) is 0 Å². The summed E-state index contributed by atoms with van der Waals surface area (Å²) in [6, 6.07) is 0. The molecule has 0 spiro atoms. The third-order valence-corrected chi connectivity index (χ3v) is 2.40. The largest absolute Gasteiger partial charge is 0.469 e. The molecular weight excluding hydrogens is 210 g/mol. The van der Waals surface area contributed by atoms with Crippen LogP contribution in [0.25, 0.3) is 0 Å². The molecule has 0 radical (unpaired) electrons. The molecule has 1 aromatic rings. The lowest BCUT2D eigenvalue weighted by atomic mass is 10.1. The Morgan fingerprint density at radius 1 is 1.31 bits per heavy atom. The minimum absolute atomic E-state index is 0.123. The van der Waals surface area contributed by atoms with Crippen molar-refractivity contribution >= 4 is 5.91 Å². The van der Waals surface area contributed by atoms with E-state index in [0.717, 1.165) is 5.56 Å². The third-order valence-electron chi connectivity index (χ3n) is 2.40. The molecule has 0 atom stereocenters. The molecule has 5 heteroatoms. The highest BCUT2D eigenvalue weighted by atomic mass is 16.3. The second-order valence-electron chi connectivity index (χ2n) is 3.59. The zero-order valence-electron chi connectivity index (χ0n) is 9.56. The molecule has 16 heavy (non-hydrogen) atoms. The van der Waals surface area contributed by atoms with Gasteiger partial charge in [0.2, 0.25) is 0 Å². The summed E-state index contributed by atoms with van der Waals surface area (Å²) in [5.41, 5.74) is 1.28. The van der Waals surface area contributed by atoms with Crippen molar-refractivity contribution in [1.29, 1.82) is 0 Å². The van der Waals surface area contributed by atoms with Gasteiger partial charge in [0.05, 0.1) is 25.0 Å². The minimum atomic E-state index is -0.216. The predicted octanol–water partition coefficient (Wildman–Crippen LogP) is 0.323. The molecule has 1 heterocycles. The van der Waals surface area contributed by atoms with Crippen LogP contribution in [0.15, 0.2) is 10.7 Å². The quantitative estimate of drug-likeness (QED) is 0.760. The van der Waals surface area contributed by atoms with Gasteiger partial charge in [-0.05, 0) is 13.8 Å². The van der Waals surface area contributed by atoms with Gasteiger partial charge in [-0.15, -0.1) is 0 Å². The molecule has 0 bridgehead atoms.